The number of nitrogens with zero attached hydrogens (tertiary/aromatic N) is 5. The lowest BCUT2D eigenvalue weighted by Gasteiger charge is -2.36. The lowest BCUT2D eigenvalue weighted by Crippen LogP contribution is -2.49. The van der Waals surface area contributed by atoms with Crippen LogP contribution in [0.15, 0.2) is 67.0 Å². The van der Waals surface area contributed by atoms with Gasteiger partial charge in [-0.25, -0.2) is 9.97 Å². The summed E-state index contributed by atoms with van der Waals surface area (Å²) in [6.07, 6.45) is 1.46. The van der Waals surface area contributed by atoms with Crippen LogP contribution in [0.25, 0.3) is 0 Å². The SMILES string of the molecule is Cc1cccc(N2CCN(C(=O)c3cc(N(C)c4ccccc4)ncn3)CC2)c1. The van der Waals surface area contributed by atoms with Gasteiger partial charge in [0.1, 0.15) is 17.8 Å². The van der Waals surface area contributed by atoms with Crippen molar-refractivity contribution in [1.82, 2.24) is 14.9 Å². The molecule has 0 bridgehead atoms. The van der Waals surface area contributed by atoms with Crippen LogP contribution in [-0.4, -0.2) is 54.0 Å². The summed E-state index contributed by atoms with van der Waals surface area (Å²) in [5, 5.41) is 0. The third-order valence-corrected chi connectivity index (χ3v) is 5.29. The standard InChI is InChI=1S/C23H25N5O/c1-18-7-6-10-20(15-18)27-11-13-28(14-12-27)23(29)21-16-22(25-17-24-21)26(2)19-8-4-3-5-9-19/h3-10,15-17H,11-14H2,1-2H3. The van der Waals surface area contributed by atoms with Crippen molar-refractivity contribution in [3.05, 3.63) is 78.2 Å². The molecular weight excluding hydrogens is 362 g/mol. The topological polar surface area (TPSA) is 52.6 Å². The molecular formula is C23H25N5O. The van der Waals surface area contributed by atoms with Crippen molar-refractivity contribution in [3.8, 4) is 0 Å². The summed E-state index contributed by atoms with van der Waals surface area (Å²) in [6.45, 7) is 5.10. The maximum atomic E-state index is 13.0. The first-order valence-corrected chi connectivity index (χ1v) is 9.83. The highest BCUT2D eigenvalue weighted by Crippen LogP contribution is 2.22. The number of anilines is 3. The largest absolute Gasteiger partial charge is 0.368 e. The first-order valence-electron chi connectivity index (χ1n) is 9.83. The summed E-state index contributed by atoms with van der Waals surface area (Å²) in [7, 11) is 1.94. The Balaban J connectivity index is 1.44. The number of carbonyl (C=O) groups excluding carboxylic acids is 1. The Morgan fingerprint density at radius 3 is 2.41 bits per heavy atom. The van der Waals surface area contributed by atoms with Crippen molar-refractivity contribution < 1.29 is 4.79 Å². The second-order valence-corrected chi connectivity index (χ2v) is 7.27. The fourth-order valence-corrected chi connectivity index (χ4v) is 3.59. The van der Waals surface area contributed by atoms with Gasteiger partial charge in [0.15, 0.2) is 0 Å². The minimum atomic E-state index is -0.0426. The zero-order chi connectivity index (χ0) is 20.2. The summed E-state index contributed by atoms with van der Waals surface area (Å²) in [5.41, 5.74) is 3.90. The minimum absolute atomic E-state index is 0.0426. The number of hydrogen-bond donors (Lipinski definition) is 0. The van der Waals surface area contributed by atoms with Gasteiger partial charge in [-0.3, -0.25) is 4.79 Å². The second kappa shape index (κ2) is 8.31. The van der Waals surface area contributed by atoms with Crippen LogP contribution < -0.4 is 9.80 Å². The molecule has 1 fully saturated rings. The summed E-state index contributed by atoms with van der Waals surface area (Å²) in [5.74, 6) is 0.659. The van der Waals surface area contributed by atoms with Crippen molar-refractivity contribution in [2.24, 2.45) is 0 Å². The lowest BCUT2D eigenvalue weighted by atomic mass is 10.2. The third-order valence-electron chi connectivity index (χ3n) is 5.29. The fourth-order valence-electron chi connectivity index (χ4n) is 3.59. The fraction of sp³-hybridized carbons (Fsp3) is 0.261. The van der Waals surface area contributed by atoms with E-state index in [9.17, 15) is 4.79 Å². The quantitative estimate of drug-likeness (QED) is 0.686. The van der Waals surface area contributed by atoms with Gasteiger partial charge < -0.3 is 14.7 Å². The van der Waals surface area contributed by atoms with Crippen LogP contribution in [0.3, 0.4) is 0 Å². The van der Waals surface area contributed by atoms with E-state index in [4.69, 9.17) is 0 Å². The molecule has 0 saturated carbocycles. The van der Waals surface area contributed by atoms with Gasteiger partial charge in [-0.15, -0.1) is 0 Å². The first kappa shape index (κ1) is 18.9. The maximum Gasteiger partial charge on any atom is 0.272 e. The molecule has 6 heteroatoms. The molecule has 1 amide bonds. The Morgan fingerprint density at radius 1 is 0.931 bits per heavy atom. The van der Waals surface area contributed by atoms with Crippen molar-refractivity contribution in [3.63, 3.8) is 0 Å². The predicted octanol–water partition coefficient (Wildman–Crippen LogP) is 3.52. The molecule has 4 rings (SSSR count). The van der Waals surface area contributed by atoms with Crippen LogP contribution in [0.1, 0.15) is 16.1 Å². The molecule has 148 valence electrons. The Bertz CT molecular complexity index is 983. The van der Waals surface area contributed by atoms with E-state index in [2.05, 4.69) is 46.1 Å². The summed E-state index contributed by atoms with van der Waals surface area (Å²) in [4.78, 5) is 27.7. The number of benzene rings is 2. The van der Waals surface area contributed by atoms with Crippen molar-refractivity contribution in [1.29, 1.82) is 0 Å². The Morgan fingerprint density at radius 2 is 1.69 bits per heavy atom. The van der Waals surface area contributed by atoms with Crippen molar-refractivity contribution in [2.45, 2.75) is 6.92 Å². The smallest absolute Gasteiger partial charge is 0.272 e. The van der Waals surface area contributed by atoms with E-state index in [1.807, 2.05) is 47.2 Å². The van der Waals surface area contributed by atoms with E-state index in [-0.39, 0.29) is 5.91 Å². The molecule has 0 N–H and O–H groups in total. The van der Waals surface area contributed by atoms with Gasteiger partial charge in [0, 0.05) is 50.7 Å². The number of rotatable bonds is 4. The molecule has 0 unspecified atom stereocenters. The molecule has 2 aromatic carbocycles. The van der Waals surface area contributed by atoms with Gasteiger partial charge in [-0.05, 0) is 36.8 Å². The minimum Gasteiger partial charge on any atom is -0.368 e. The monoisotopic (exact) mass is 387 g/mol. The molecule has 0 aliphatic carbocycles. The summed E-state index contributed by atoms with van der Waals surface area (Å²) < 4.78 is 0. The Labute approximate surface area is 171 Å². The van der Waals surface area contributed by atoms with Gasteiger partial charge in [-0.2, -0.15) is 0 Å². The maximum absolute atomic E-state index is 13.0. The van der Waals surface area contributed by atoms with Gasteiger partial charge in [-0.1, -0.05) is 30.3 Å². The lowest BCUT2D eigenvalue weighted by molar-refractivity contribution is 0.0740. The number of hydrogen-bond acceptors (Lipinski definition) is 5. The number of aryl methyl sites for hydroxylation is 1. The number of piperazine rings is 1. The second-order valence-electron chi connectivity index (χ2n) is 7.27. The van der Waals surface area contributed by atoms with E-state index in [0.29, 0.717) is 24.6 Å². The number of para-hydroxylation sites is 1. The van der Waals surface area contributed by atoms with Gasteiger partial charge in [0.2, 0.25) is 0 Å². The van der Waals surface area contributed by atoms with E-state index < -0.39 is 0 Å². The molecule has 3 aromatic rings. The highest BCUT2D eigenvalue weighted by atomic mass is 16.2. The highest BCUT2D eigenvalue weighted by molar-refractivity contribution is 5.93. The number of carbonyl (C=O) groups is 1. The molecule has 2 heterocycles. The molecule has 1 aliphatic heterocycles. The number of aromatic nitrogens is 2. The molecule has 0 atom stereocenters. The molecule has 6 nitrogen and oxygen atoms in total. The molecule has 29 heavy (non-hydrogen) atoms. The average Bonchev–Trinajstić information content (AvgIpc) is 2.79. The summed E-state index contributed by atoms with van der Waals surface area (Å²) >= 11 is 0. The van der Waals surface area contributed by atoms with E-state index >= 15 is 0 Å². The summed E-state index contributed by atoms with van der Waals surface area (Å²) in [6, 6.07) is 20.2. The van der Waals surface area contributed by atoms with Gasteiger partial charge >= 0.3 is 0 Å². The van der Waals surface area contributed by atoms with Crippen LogP contribution in [0, 0.1) is 6.92 Å². The molecule has 1 saturated heterocycles. The van der Waals surface area contributed by atoms with Crippen LogP contribution in [0.2, 0.25) is 0 Å². The van der Waals surface area contributed by atoms with Crippen LogP contribution in [0.5, 0.6) is 0 Å². The van der Waals surface area contributed by atoms with Crippen LogP contribution >= 0.6 is 0 Å². The van der Waals surface area contributed by atoms with E-state index in [1.54, 1.807) is 6.07 Å². The highest BCUT2D eigenvalue weighted by Gasteiger charge is 2.24. The first-order chi connectivity index (χ1) is 14.1. The molecule has 1 aromatic heterocycles. The molecule has 1 aliphatic rings. The predicted molar refractivity (Wildman–Crippen MR) is 116 cm³/mol. The van der Waals surface area contributed by atoms with E-state index in [1.165, 1.54) is 17.6 Å². The zero-order valence-corrected chi connectivity index (χ0v) is 16.8. The molecule has 0 radical (unpaired) electrons. The van der Waals surface area contributed by atoms with Crippen LogP contribution in [-0.2, 0) is 0 Å². The van der Waals surface area contributed by atoms with Crippen LogP contribution in [0.4, 0.5) is 17.2 Å². The average molecular weight is 387 g/mol. The molecule has 0 spiro atoms. The normalized spacial score (nSPS) is 14.0. The zero-order valence-electron chi connectivity index (χ0n) is 16.8. The Kier molecular flexibility index (Phi) is 5.42. The number of amides is 1. The Hall–Kier alpha value is -3.41. The third kappa shape index (κ3) is 4.21. The van der Waals surface area contributed by atoms with Gasteiger partial charge in [0.05, 0.1) is 0 Å². The van der Waals surface area contributed by atoms with Crippen molar-refractivity contribution in [2.75, 3.05) is 43.0 Å². The van der Waals surface area contributed by atoms with E-state index in [0.717, 1.165) is 18.8 Å². The van der Waals surface area contributed by atoms with Gasteiger partial charge in [0.25, 0.3) is 5.91 Å². The van der Waals surface area contributed by atoms with Crippen molar-refractivity contribution >= 4 is 23.1 Å².